The fraction of sp³-hybridized carbons (Fsp3) is 0.111. The van der Waals surface area contributed by atoms with E-state index in [-0.39, 0.29) is 5.76 Å². The number of nitrogens with one attached hydrogen (secondary N) is 1. The molecule has 0 aliphatic heterocycles. The Balaban J connectivity index is 1.70. The average Bonchev–Trinajstić information content (AvgIpc) is 3.05. The number of nitrogens with zero attached hydrogens (tertiary/aromatic N) is 1. The van der Waals surface area contributed by atoms with Crippen LogP contribution in [0.2, 0.25) is 0 Å². The third-order valence-electron chi connectivity index (χ3n) is 3.44. The number of rotatable bonds is 5. The molecule has 1 N–H and O–H groups in total. The van der Waals surface area contributed by atoms with Crippen LogP contribution in [0.1, 0.15) is 16.1 Å². The Hall–Kier alpha value is -3.28. The normalized spacial score (nSPS) is 10.9. The van der Waals surface area contributed by atoms with E-state index >= 15 is 0 Å². The van der Waals surface area contributed by atoms with Crippen LogP contribution in [0.3, 0.4) is 0 Å². The molecule has 0 spiro atoms. The number of ether oxygens (including phenoxy) is 2. The number of carbonyl (C=O) groups excluding carboxylic acids is 1. The second-order valence-electron chi connectivity index (χ2n) is 4.96. The standard InChI is InChI=1S/C18H16N2O4/c1-22-15-8-7-12(9-16(15)23-2)11-19-20-18(21)17-10-13-5-3-4-6-14(13)24-17/h3-11H,1-2H3,(H,20,21)/b19-11+. The van der Waals surface area contributed by atoms with Crippen molar-refractivity contribution in [1.82, 2.24) is 5.43 Å². The van der Waals surface area contributed by atoms with Crippen molar-refractivity contribution in [2.24, 2.45) is 5.10 Å². The molecule has 0 atom stereocenters. The van der Waals surface area contributed by atoms with E-state index in [0.717, 1.165) is 10.9 Å². The second-order valence-corrected chi connectivity index (χ2v) is 4.96. The number of para-hydroxylation sites is 1. The van der Waals surface area contributed by atoms with E-state index in [4.69, 9.17) is 13.9 Å². The molecule has 0 aliphatic rings. The zero-order valence-corrected chi connectivity index (χ0v) is 13.3. The summed E-state index contributed by atoms with van der Waals surface area (Å²) in [6, 6.07) is 14.4. The maximum Gasteiger partial charge on any atom is 0.307 e. The van der Waals surface area contributed by atoms with E-state index in [0.29, 0.717) is 17.1 Å². The van der Waals surface area contributed by atoms with Gasteiger partial charge in [-0.15, -0.1) is 0 Å². The van der Waals surface area contributed by atoms with Crippen LogP contribution < -0.4 is 14.9 Å². The van der Waals surface area contributed by atoms with Crippen molar-refractivity contribution in [3.63, 3.8) is 0 Å². The third kappa shape index (κ3) is 3.22. The van der Waals surface area contributed by atoms with Crippen LogP contribution in [0.25, 0.3) is 11.0 Å². The van der Waals surface area contributed by atoms with Crippen molar-refractivity contribution in [3.05, 3.63) is 59.9 Å². The summed E-state index contributed by atoms with van der Waals surface area (Å²) in [5, 5.41) is 4.81. The van der Waals surface area contributed by atoms with Gasteiger partial charge in [0, 0.05) is 5.39 Å². The van der Waals surface area contributed by atoms with Crippen molar-refractivity contribution >= 4 is 23.1 Å². The predicted molar refractivity (Wildman–Crippen MR) is 90.8 cm³/mol. The molecular weight excluding hydrogens is 308 g/mol. The van der Waals surface area contributed by atoms with E-state index in [1.54, 1.807) is 44.6 Å². The number of fused-ring (bicyclic) bond motifs is 1. The zero-order chi connectivity index (χ0) is 16.9. The van der Waals surface area contributed by atoms with Gasteiger partial charge < -0.3 is 13.9 Å². The van der Waals surface area contributed by atoms with E-state index in [1.807, 2.05) is 18.2 Å². The molecule has 3 aromatic rings. The molecule has 0 saturated carbocycles. The van der Waals surface area contributed by atoms with Gasteiger partial charge >= 0.3 is 5.91 Å². The molecule has 1 heterocycles. The van der Waals surface area contributed by atoms with Crippen LogP contribution in [0, 0.1) is 0 Å². The largest absolute Gasteiger partial charge is 0.493 e. The predicted octanol–water partition coefficient (Wildman–Crippen LogP) is 3.21. The highest BCUT2D eigenvalue weighted by atomic mass is 16.5. The first kappa shape index (κ1) is 15.6. The number of hydrazone groups is 1. The van der Waals surface area contributed by atoms with Crippen molar-refractivity contribution in [2.45, 2.75) is 0 Å². The summed E-state index contributed by atoms with van der Waals surface area (Å²) >= 11 is 0. The summed E-state index contributed by atoms with van der Waals surface area (Å²) < 4.78 is 15.9. The highest BCUT2D eigenvalue weighted by Gasteiger charge is 2.11. The van der Waals surface area contributed by atoms with Crippen LogP contribution in [-0.2, 0) is 0 Å². The summed E-state index contributed by atoms with van der Waals surface area (Å²) in [7, 11) is 3.13. The van der Waals surface area contributed by atoms with Crippen LogP contribution in [-0.4, -0.2) is 26.3 Å². The molecule has 1 amide bonds. The summed E-state index contributed by atoms with van der Waals surface area (Å²) in [6.07, 6.45) is 1.52. The molecule has 122 valence electrons. The molecule has 0 saturated heterocycles. The molecule has 3 rings (SSSR count). The SMILES string of the molecule is COc1ccc(/C=N/NC(=O)c2cc3ccccc3o2)cc1OC. The first-order valence-electron chi connectivity index (χ1n) is 7.25. The van der Waals surface area contributed by atoms with Gasteiger partial charge in [0.1, 0.15) is 5.58 Å². The fourth-order valence-electron chi connectivity index (χ4n) is 2.25. The summed E-state index contributed by atoms with van der Waals surface area (Å²) in [5.74, 6) is 1.01. The van der Waals surface area contributed by atoms with E-state index in [1.165, 1.54) is 6.21 Å². The minimum Gasteiger partial charge on any atom is -0.493 e. The van der Waals surface area contributed by atoms with Gasteiger partial charge in [0.25, 0.3) is 0 Å². The lowest BCUT2D eigenvalue weighted by molar-refractivity contribution is 0.0929. The molecule has 0 unspecified atom stereocenters. The molecule has 2 aromatic carbocycles. The van der Waals surface area contributed by atoms with Gasteiger partial charge in [-0.2, -0.15) is 5.10 Å². The topological polar surface area (TPSA) is 73.1 Å². The first-order chi connectivity index (χ1) is 11.7. The molecule has 24 heavy (non-hydrogen) atoms. The lowest BCUT2D eigenvalue weighted by Crippen LogP contribution is -2.16. The van der Waals surface area contributed by atoms with Crippen molar-refractivity contribution in [3.8, 4) is 11.5 Å². The minimum absolute atomic E-state index is 0.209. The highest BCUT2D eigenvalue weighted by Crippen LogP contribution is 2.26. The Morgan fingerprint density at radius 1 is 1.08 bits per heavy atom. The number of amides is 1. The highest BCUT2D eigenvalue weighted by molar-refractivity contribution is 5.96. The number of carbonyl (C=O) groups is 1. The van der Waals surface area contributed by atoms with E-state index in [2.05, 4.69) is 10.5 Å². The molecule has 0 bridgehead atoms. The fourth-order valence-corrected chi connectivity index (χ4v) is 2.25. The van der Waals surface area contributed by atoms with E-state index in [9.17, 15) is 4.79 Å². The molecule has 0 fully saturated rings. The third-order valence-corrected chi connectivity index (χ3v) is 3.44. The molecular formula is C18H16N2O4. The Labute approximate surface area is 138 Å². The van der Waals surface area contributed by atoms with Gasteiger partial charge in [-0.3, -0.25) is 4.79 Å². The minimum atomic E-state index is -0.414. The summed E-state index contributed by atoms with van der Waals surface area (Å²) in [6.45, 7) is 0. The maximum absolute atomic E-state index is 12.1. The van der Waals surface area contributed by atoms with Gasteiger partial charge in [0.2, 0.25) is 0 Å². The first-order valence-corrected chi connectivity index (χ1v) is 7.25. The summed E-state index contributed by atoms with van der Waals surface area (Å²) in [4.78, 5) is 12.1. The molecule has 6 nitrogen and oxygen atoms in total. The lowest BCUT2D eigenvalue weighted by atomic mass is 10.2. The van der Waals surface area contributed by atoms with Gasteiger partial charge in [0.05, 0.1) is 20.4 Å². The lowest BCUT2D eigenvalue weighted by Gasteiger charge is -2.07. The number of benzene rings is 2. The maximum atomic E-state index is 12.1. The Morgan fingerprint density at radius 3 is 2.62 bits per heavy atom. The van der Waals surface area contributed by atoms with Crippen molar-refractivity contribution in [1.29, 1.82) is 0 Å². The van der Waals surface area contributed by atoms with Crippen LogP contribution in [0.15, 0.2) is 58.0 Å². The number of hydrogen-bond donors (Lipinski definition) is 1. The Morgan fingerprint density at radius 2 is 1.88 bits per heavy atom. The van der Waals surface area contributed by atoms with Crippen LogP contribution in [0.5, 0.6) is 11.5 Å². The van der Waals surface area contributed by atoms with Crippen LogP contribution in [0.4, 0.5) is 0 Å². The average molecular weight is 324 g/mol. The van der Waals surface area contributed by atoms with Crippen LogP contribution >= 0.6 is 0 Å². The van der Waals surface area contributed by atoms with Gasteiger partial charge in [0.15, 0.2) is 17.3 Å². The van der Waals surface area contributed by atoms with E-state index < -0.39 is 5.91 Å². The molecule has 0 aliphatic carbocycles. The zero-order valence-electron chi connectivity index (χ0n) is 13.3. The van der Waals surface area contributed by atoms with Gasteiger partial charge in [-0.1, -0.05) is 18.2 Å². The Bertz CT molecular complexity index is 866. The number of methoxy groups -OCH3 is 2. The van der Waals surface area contributed by atoms with Gasteiger partial charge in [-0.05, 0) is 35.9 Å². The number of furan rings is 1. The summed E-state index contributed by atoms with van der Waals surface area (Å²) in [5.41, 5.74) is 3.86. The van der Waals surface area contributed by atoms with Gasteiger partial charge in [-0.25, -0.2) is 5.43 Å². The molecule has 1 aromatic heterocycles. The molecule has 0 radical (unpaired) electrons. The molecule has 6 heteroatoms. The quantitative estimate of drug-likeness (QED) is 0.578. The monoisotopic (exact) mass is 324 g/mol. The van der Waals surface area contributed by atoms with Crippen molar-refractivity contribution in [2.75, 3.05) is 14.2 Å². The smallest absolute Gasteiger partial charge is 0.307 e. The van der Waals surface area contributed by atoms with Crippen molar-refractivity contribution < 1.29 is 18.7 Å². The number of hydrogen-bond acceptors (Lipinski definition) is 5. The second kappa shape index (κ2) is 6.87. The Kier molecular flexibility index (Phi) is 4.47.